The molecule has 0 saturated carbocycles. The highest BCUT2D eigenvalue weighted by Crippen LogP contribution is 2.18. The summed E-state index contributed by atoms with van der Waals surface area (Å²) in [6.07, 6.45) is 0.660. The number of amides is 2. The molecule has 0 aliphatic rings. The van der Waals surface area contributed by atoms with Crippen LogP contribution in [-0.4, -0.2) is 36.4 Å². The lowest BCUT2D eigenvalue weighted by atomic mass is 10.0. The molecule has 3 rings (SSSR count). The Kier molecular flexibility index (Phi) is 8.64. The molecule has 2 amide bonds. The van der Waals surface area contributed by atoms with E-state index in [-0.39, 0.29) is 18.2 Å². The summed E-state index contributed by atoms with van der Waals surface area (Å²) in [4.78, 5) is 28.5. The Morgan fingerprint density at radius 1 is 0.909 bits per heavy atom. The number of nitrogens with one attached hydrogen (secondary N) is 1. The van der Waals surface area contributed by atoms with E-state index in [2.05, 4.69) is 11.4 Å². The lowest BCUT2D eigenvalue weighted by molar-refractivity contribution is -0.140. The van der Waals surface area contributed by atoms with Gasteiger partial charge < -0.3 is 15.0 Å². The van der Waals surface area contributed by atoms with Crippen LogP contribution in [0.3, 0.4) is 0 Å². The molecule has 0 aliphatic carbocycles. The van der Waals surface area contributed by atoms with Crippen LogP contribution in [0.2, 0.25) is 0 Å². The Morgan fingerprint density at radius 2 is 1.61 bits per heavy atom. The molecule has 0 heterocycles. The number of likely N-dealkylation sites (N-methyl/N-ethyl adjacent to an activating group) is 1. The topological polar surface area (TPSA) is 58.6 Å². The summed E-state index contributed by atoms with van der Waals surface area (Å²) in [5.41, 5.74) is 4.01. The van der Waals surface area contributed by atoms with E-state index in [1.165, 1.54) is 0 Å². The van der Waals surface area contributed by atoms with Crippen molar-refractivity contribution in [2.24, 2.45) is 0 Å². The minimum absolute atomic E-state index is 0.0890. The maximum absolute atomic E-state index is 13.6. The Balaban J connectivity index is 1.93. The number of aryl methyl sites for hydroxylation is 1. The highest BCUT2D eigenvalue weighted by atomic mass is 16.5. The highest BCUT2D eigenvalue weighted by Gasteiger charge is 2.30. The van der Waals surface area contributed by atoms with Gasteiger partial charge in [0.2, 0.25) is 11.8 Å². The largest absolute Gasteiger partial charge is 0.497 e. The zero-order valence-electron chi connectivity index (χ0n) is 19.6. The van der Waals surface area contributed by atoms with Crippen molar-refractivity contribution in [1.82, 2.24) is 10.2 Å². The van der Waals surface area contributed by atoms with E-state index in [0.717, 1.165) is 28.0 Å². The molecule has 33 heavy (non-hydrogen) atoms. The third-order valence-corrected chi connectivity index (χ3v) is 5.57. The van der Waals surface area contributed by atoms with E-state index >= 15 is 0 Å². The second-order valence-electron chi connectivity index (χ2n) is 8.14. The molecule has 3 aromatic rings. The summed E-state index contributed by atoms with van der Waals surface area (Å²) in [5, 5.41) is 2.93. The zero-order chi connectivity index (χ0) is 23.6. The highest BCUT2D eigenvalue weighted by molar-refractivity contribution is 5.88. The predicted octanol–water partition coefficient (Wildman–Crippen LogP) is 4.32. The molecule has 5 heteroatoms. The molecule has 0 fully saturated rings. The van der Waals surface area contributed by atoms with Gasteiger partial charge in [-0.2, -0.15) is 0 Å². The van der Waals surface area contributed by atoms with Crippen molar-refractivity contribution < 1.29 is 14.3 Å². The van der Waals surface area contributed by atoms with Crippen molar-refractivity contribution in [2.75, 3.05) is 13.7 Å². The van der Waals surface area contributed by atoms with Crippen LogP contribution in [0.1, 0.15) is 29.2 Å². The smallest absolute Gasteiger partial charge is 0.243 e. The molecule has 0 radical (unpaired) electrons. The molecule has 1 N–H and O–H groups in total. The normalized spacial score (nSPS) is 11.5. The molecular weight excluding hydrogens is 412 g/mol. The molecule has 0 aliphatic heterocycles. The number of ether oxygens (including phenoxy) is 1. The quantitative estimate of drug-likeness (QED) is 0.507. The fraction of sp³-hybridized carbons (Fsp3) is 0.286. The first kappa shape index (κ1) is 24.1. The number of methoxy groups -OCH3 is 1. The molecule has 0 spiro atoms. The van der Waals surface area contributed by atoms with Gasteiger partial charge in [-0.15, -0.1) is 0 Å². The minimum Gasteiger partial charge on any atom is -0.497 e. The third-order valence-electron chi connectivity index (χ3n) is 5.57. The molecular formula is C28H32N2O3. The van der Waals surface area contributed by atoms with E-state index in [9.17, 15) is 9.59 Å². The predicted molar refractivity (Wildman–Crippen MR) is 131 cm³/mol. The molecule has 0 bridgehead atoms. The van der Waals surface area contributed by atoms with Gasteiger partial charge >= 0.3 is 0 Å². The number of carbonyl (C=O) groups excluding carboxylic acids is 2. The van der Waals surface area contributed by atoms with Gasteiger partial charge in [0, 0.05) is 19.5 Å². The van der Waals surface area contributed by atoms with E-state index in [0.29, 0.717) is 19.5 Å². The third kappa shape index (κ3) is 6.94. The summed E-state index contributed by atoms with van der Waals surface area (Å²) in [6.45, 7) is 4.79. The van der Waals surface area contributed by atoms with Crippen LogP contribution in [0.25, 0.3) is 0 Å². The van der Waals surface area contributed by atoms with Crippen LogP contribution >= 0.6 is 0 Å². The molecule has 1 atom stereocenters. The van der Waals surface area contributed by atoms with Crippen molar-refractivity contribution in [3.05, 3.63) is 101 Å². The molecule has 1 unspecified atom stereocenters. The van der Waals surface area contributed by atoms with Crippen molar-refractivity contribution in [2.45, 2.75) is 39.3 Å². The van der Waals surface area contributed by atoms with Crippen molar-refractivity contribution in [3.8, 4) is 5.75 Å². The molecule has 0 aromatic heterocycles. The summed E-state index contributed by atoms with van der Waals surface area (Å²) >= 11 is 0. The van der Waals surface area contributed by atoms with Crippen LogP contribution in [0.5, 0.6) is 5.75 Å². The van der Waals surface area contributed by atoms with Crippen LogP contribution in [-0.2, 0) is 29.0 Å². The zero-order valence-corrected chi connectivity index (χ0v) is 19.6. The van der Waals surface area contributed by atoms with E-state index < -0.39 is 6.04 Å². The number of rotatable bonds is 10. The molecule has 0 saturated heterocycles. The van der Waals surface area contributed by atoms with Gasteiger partial charge in [0.25, 0.3) is 0 Å². The second-order valence-corrected chi connectivity index (χ2v) is 8.14. The molecule has 3 aromatic carbocycles. The summed E-state index contributed by atoms with van der Waals surface area (Å²) in [5.74, 6) is 0.512. The van der Waals surface area contributed by atoms with Gasteiger partial charge in [-0.3, -0.25) is 9.59 Å². The number of benzene rings is 3. The van der Waals surface area contributed by atoms with Gasteiger partial charge in [-0.1, -0.05) is 72.3 Å². The Hall–Kier alpha value is -3.60. The van der Waals surface area contributed by atoms with E-state index in [4.69, 9.17) is 4.74 Å². The monoisotopic (exact) mass is 444 g/mol. The van der Waals surface area contributed by atoms with Crippen molar-refractivity contribution in [3.63, 3.8) is 0 Å². The summed E-state index contributed by atoms with van der Waals surface area (Å²) in [6, 6.07) is 24.8. The Bertz CT molecular complexity index is 1050. The maximum Gasteiger partial charge on any atom is 0.243 e. The second kappa shape index (κ2) is 11.9. The van der Waals surface area contributed by atoms with Crippen molar-refractivity contribution >= 4 is 11.8 Å². The first-order chi connectivity index (χ1) is 16.0. The fourth-order valence-electron chi connectivity index (χ4n) is 3.87. The van der Waals surface area contributed by atoms with Gasteiger partial charge in [0.1, 0.15) is 11.8 Å². The fourth-order valence-corrected chi connectivity index (χ4v) is 3.87. The molecule has 5 nitrogen and oxygen atoms in total. The SMILES string of the molecule is CCNC(=O)C(Cc1ccccc1)N(Cc1cccc(C)c1)C(=O)Cc1ccc(OC)cc1. The van der Waals surface area contributed by atoms with Gasteiger partial charge in [0.15, 0.2) is 0 Å². The lowest BCUT2D eigenvalue weighted by Gasteiger charge is -2.31. The van der Waals surface area contributed by atoms with E-state index in [1.54, 1.807) is 12.0 Å². The Morgan fingerprint density at radius 3 is 2.24 bits per heavy atom. The van der Waals surface area contributed by atoms with Crippen molar-refractivity contribution in [1.29, 1.82) is 0 Å². The number of hydrogen-bond acceptors (Lipinski definition) is 3. The lowest BCUT2D eigenvalue weighted by Crippen LogP contribution is -2.50. The first-order valence-electron chi connectivity index (χ1n) is 11.3. The molecule has 172 valence electrons. The Labute approximate surface area is 196 Å². The number of carbonyl (C=O) groups is 2. The average Bonchev–Trinajstić information content (AvgIpc) is 2.82. The van der Waals surface area contributed by atoms with Crippen LogP contribution in [0.15, 0.2) is 78.9 Å². The van der Waals surface area contributed by atoms with Crippen LogP contribution < -0.4 is 10.1 Å². The minimum atomic E-state index is -0.612. The standard InChI is InChI=1S/C28H32N2O3/c1-4-29-28(32)26(18-22-10-6-5-7-11-22)30(20-24-12-8-9-21(2)17-24)27(31)19-23-13-15-25(33-3)16-14-23/h5-17,26H,4,18-20H2,1-3H3,(H,29,32). The number of nitrogens with zero attached hydrogens (tertiary/aromatic N) is 1. The first-order valence-corrected chi connectivity index (χ1v) is 11.3. The van der Waals surface area contributed by atoms with E-state index in [1.807, 2.05) is 86.6 Å². The summed E-state index contributed by atoms with van der Waals surface area (Å²) in [7, 11) is 1.62. The average molecular weight is 445 g/mol. The van der Waals surface area contributed by atoms with Gasteiger partial charge in [-0.05, 0) is 42.7 Å². The number of hydrogen-bond donors (Lipinski definition) is 1. The van der Waals surface area contributed by atoms with Gasteiger partial charge in [0.05, 0.1) is 13.5 Å². The van der Waals surface area contributed by atoms with Gasteiger partial charge in [-0.25, -0.2) is 0 Å². The van der Waals surface area contributed by atoms with Crippen LogP contribution in [0.4, 0.5) is 0 Å². The van der Waals surface area contributed by atoms with Crippen LogP contribution in [0, 0.1) is 6.92 Å². The summed E-state index contributed by atoms with van der Waals surface area (Å²) < 4.78 is 5.23. The maximum atomic E-state index is 13.6.